The Morgan fingerprint density at radius 3 is 2.29 bits per heavy atom. The highest BCUT2D eigenvalue weighted by Crippen LogP contribution is 2.15. The first kappa shape index (κ1) is 20.5. The second-order valence-electron chi connectivity index (χ2n) is 7.78. The topological polar surface area (TPSA) is 67.6 Å². The monoisotopic (exact) mass is 381 g/mol. The van der Waals surface area contributed by atoms with Crippen molar-refractivity contribution in [1.82, 2.24) is 10.2 Å². The fourth-order valence-corrected chi connectivity index (χ4v) is 3.72. The number of benzene rings is 2. The predicted octanol–water partition coefficient (Wildman–Crippen LogP) is 2.48. The molecule has 0 bridgehead atoms. The van der Waals surface area contributed by atoms with Gasteiger partial charge in [0.05, 0.1) is 18.2 Å². The molecule has 0 saturated carbocycles. The fourth-order valence-electron chi connectivity index (χ4n) is 3.72. The summed E-state index contributed by atoms with van der Waals surface area (Å²) >= 11 is 0. The summed E-state index contributed by atoms with van der Waals surface area (Å²) in [5.74, 6) is -0.121. The van der Waals surface area contributed by atoms with Crippen molar-refractivity contribution in [3.8, 4) is 0 Å². The van der Waals surface area contributed by atoms with E-state index in [4.69, 9.17) is 10.5 Å². The Hall–Kier alpha value is -2.21. The van der Waals surface area contributed by atoms with Crippen LogP contribution < -0.4 is 11.1 Å². The van der Waals surface area contributed by atoms with Crippen LogP contribution in [0, 0.1) is 0 Å². The number of rotatable bonds is 7. The highest BCUT2D eigenvalue weighted by atomic mass is 16.5. The van der Waals surface area contributed by atoms with E-state index < -0.39 is 6.04 Å². The summed E-state index contributed by atoms with van der Waals surface area (Å²) in [5.41, 5.74) is 9.46. The molecule has 3 unspecified atom stereocenters. The second kappa shape index (κ2) is 9.82. The molecule has 3 atom stereocenters. The molecular formula is C23H31N3O2. The van der Waals surface area contributed by atoms with E-state index in [0.29, 0.717) is 13.0 Å². The first-order valence-corrected chi connectivity index (χ1v) is 10.0. The summed E-state index contributed by atoms with van der Waals surface area (Å²) in [6.07, 6.45) is 1.10. The van der Waals surface area contributed by atoms with Crippen molar-refractivity contribution in [2.75, 3.05) is 13.1 Å². The molecule has 2 aromatic carbocycles. The van der Waals surface area contributed by atoms with Gasteiger partial charge in [0.1, 0.15) is 0 Å². The number of morpholine rings is 1. The minimum Gasteiger partial charge on any atom is -0.373 e. The lowest BCUT2D eigenvalue weighted by atomic mass is 10.1. The normalized spacial score (nSPS) is 21.2. The number of nitrogens with two attached hydrogens (primary N) is 1. The Bertz CT molecular complexity index is 738. The molecule has 0 radical (unpaired) electrons. The SMILES string of the molecule is CC1CN(Cc2ccc(CNC(=O)C(N)Cc3ccccc3)cc2)CC(C)O1. The Balaban J connectivity index is 1.45. The van der Waals surface area contributed by atoms with Crippen molar-refractivity contribution in [2.45, 2.75) is 51.6 Å². The van der Waals surface area contributed by atoms with Gasteiger partial charge in [0.2, 0.25) is 5.91 Å². The largest absolute Gasteiger partial charge is 0.373 e. The molecule has 3 N–H and O–H groups in total. The van der Waals surface area contributed by atoms with Gasteiger partial charge in [-0.2, -0.15) is 0 Å². The molecule has 0 spiro atoms. The van der Waals surface area contributed by atoms with Crippen LogP contribution >= 0.6 is 0 Å². The Labute approximate surface area is 167 Å². The summed E-state index contributed by atoms with van der Waals surface area (Å²) < 4.78 is 5.79. The van der Waals surface area contributed by atoms with Crippen molar-refractivity contribution >= 4 is 5.91 Å². The Kier molecular flexibility index (Phi) is 7.20. The lowest BCUT2D eigenvalue weighted by Gasteiger charge is -2.35. The molecule has 1 heterocycles. The van der Waals surface area contributed by atoms with E-state index in [1.807, 2.05) is 30.3 Å². The van der Waals surface area contributed by atoms with Crippen LogP contribution in [0.1, 0.15) is 30.5 Å². The minimum absolute atomic E-state index is 0.121. The zero-order valence-electron chi connectivity index (χ0n) is 16.8. The van der Waals surface area contributed by atoms with Crippen molar-refractivity contribution in [3.05, 3.63) is 71.3 Å². The van der Waals surface area contributed by atoms with Gasteiger partial charge in [-0.05, 0) is 37.0 Å². The molecule has 0 aliphatic carbocycles. The summed E-state index contributed by atoms with van der Waals surface area (Å²) in [5, 5.41) is 2.94. The third-order valence-corrected chi connectivity index (χ3v) is 5.03. The molecule has 28 heavy (non-hydrogen) atoms. The smallest absolute Gasteiger partial charge is 0.237 e. The van der Waals surface area contributed by atoms with E-state index in [9.17, 15) is 4.79 Å². The van der Waals surface area contributed by atoms with Crippen LogP contribution in [0.15, 0.2) is 54.6 Å². The number of ether oxygens (including phenoxy) is 1. The van der Waals surface area contributed by atoms with Crippen LogP contribution in [0.4, 0.5) is 0 Å². The molecule has 0 aromatic heterocycles. The zero-order chi connectivity index (χ0) is 19.9. The molecule has 1 saturated heterocycles. The highest BCUT2D eigenvalue weighted by molar-refractivity contribution is 5.81. The number of nitrogens with one attached hydrogen (secondary N) is 1. The molecule has 1 aliphatic heterocycles. The fraction of sp³-hybridized carbons (Fsp3) is 0.435. The number of carbonyl (C=O) groups is 1. The number of hydrogen-bond acceptors (Lipinski definition) is 4. The van der Waals surface area contributed by atoms with Gasteiger partial charge in [-0.1, -0.05) is 54.6 Å². The maximum Gasteiger partial charge on any atom is 0.237 e. The molecule has 5 heteroatoms. The van der Waals surface area contributed by atoms with Crippen molar-refractivity contribution in [1.29, 1.82) is 0 Å². The van der Waals surface area contributed by atoms with Crippen molar-refractivity contribution in [3.63, 3.8) is 0 Å². The van der Waals surface area contributed by atoms with Crippen LogP contribution in [0.2, 0.25) is 0 Å². The highest BCUT2D eigenvalue weighted by Gasteiger charge is 2.22. The van der Waals surface area contributed by atoms with E-state index >= 15 is 0 Å². The summed E-state index contributed by atoms with van der Waals surface area (Å²) in [6.45, 7) is 7.58. The maximum absolute atomic E-state index is 12.3. The van der Waals surface area contributed by atoms with Crippen molar-refractivity contribution in [2.24, 2.45) is 5.73 Å². The molecule has 2 aromatic rings. The lowest BCUT2D eigenvalue weighted by Crippen LogP contribution is -2.44. The van der Waals surface area contributed by atoms with E-state index in [1.54, 1.807) is 0 Å². The first-order chi connectivity index (χ1) is 13.5. The van der Waals surface area contributed by atoms with Gasteiger partial charge in [0, 0.05) is 26.2 Å². The summed E-state index contributed by atoms with van der Waals surface area (Å²) in [6, 6.07) is 17.7. The second-order valence-corrected chi connectivity index (χ2v) is 7.78. The van der Waals surface area contributed by atoms with Gasteiger partial charge in [-0.15, -0.1) is 0 Å². The predicted molar refractivity (Wildman–Crippen MR) is 112 cm³/mol. The standard InChI is InChI=1S/C23H31N3O2/c1-17-14-26(15-18(2)28-17)16-21-10-8-20(9-11-21)13-25-23(27)22(24)12-19-6-4-3-5-7-19/h3-11,17-18,22H,12-16,24H2,1-2H3,(H,25,27). The van der Waals surface area contributed by atoms with Gasteiger partial charge in [-0.3, -0.25) is 9.69 Å². The number of hydrogen-bond donors (Lipinski definition) is 2. The third kappa shape index (κ3) is 6.16. The van der Waals surface area contributed by atoms with Crippen LogP contribution in [0.25, 0.3) is 0 Å². The van der Waals surface area contributed by atoms with Gasteiger partial charge >= 0.3 is 0 Å². The van der Waals surface area contributed by atoms with Crippen LogP contribution in [0.3, 0.4) is 0 Å². The number of carbonyl (C=O) groups excluding carboxylic acids is 1. The van der Waals surface area contributed by atoms with E-state index in [-0.39, 0.29) is 18.1 Å². The quantitative estimate of drug-likeness (QED) is 0.773. The third-order valence-electron chi connectivity index (χ3n) is 5.03. The van der Waals surface area contributed by atoms with Crippen LogP contribution in [-0.2, 0) is 29.0 Å². The van der Waals surface area contributed by atoms with Gasteiger partial charge < -0.3 is 15.8 Å². The molecule has 5 nitrogen and oxygen atoms in total. The van der Waals surface area contributed by atoms with Crippen LogP contribution in [-0.4, -0.2) is 42.1 Å². The van der Waals surface area contributed by atoms with Gasteiger partial charge in [0.15, 0.2) is 0 Å². The minimum atomic E-state index is -0.535. The average molecular weight is 382 g/mol. The van der Waals surface area contributed by atoms with Crippen LogP contribution in [0.5, 0.6) is 0 Å². The van der Waals surface area contributed by atoms with Gasteiger partial charge in [-0.25, -0.2) is 0 Å². The van der Waals surface area contributed by atoms with E-state index in [2.05, 4.69) is 48.3 Å². The Morgan fingerprint density at radius 1 is 1.04 bits per heavy atom. The summed E-state index contributed by atoms with van der Waals surface area (Å²) in [7, 11) is 0. The molecule has 3 rings (SSSR count). The average Bonchev–Trinajstić information content (AvgIpc) is 2.67. The van der Waals surface area contributed by atoms with Gasteiger partial charge in [0.25, 0.3) is 0 Å². The first-order valence-electron chi connectivity index (χ1n) is 10.0. The molecule has 1 aliphatic rings. The molecule has 1 fully saturated rings. The molecule has 1 amide bonds. The van der Waals surface area contributed by atoms with Crippen molar-refractivity contribution < 1.29 is 9.53 Å². The number of amides is 1. The maximum atomic E-state index is 12.3. The Morgan fingerprint density at radius 2 is 1.64 bits per heavy atom. The lowest BCUT2D eigenvalue weighted by molar-refractivity contribution is -0.122. The zero-order valence-corrected chi connectivity index (χ0v) is 16.8. The van der Waals surface area contributed by atoms with E-state index in [1.165, 1.54) is 5.56 Å². The van der Waals surface area contributed by atoms with E-state index in [0.717, 1.165) is 30.8 Å². The molecule has 150 valence electrons. The number of nitrogens with zero attached hydrogens (tertiary/aromatic N) is 1. The molecular weight excluding hydrogens is 350 g/mol. The summed E-state index contributed by atoms with van der Waals surface area (Å²) in [4.78, 5) is 14.7.